The van der Waals surface area contributed by atoms with E-state index in [2.05, 4.69) is 43.6 Å². The summed E-state index contributed by atoms with van der Waals surface area (Å²) in [5.74, 6) is 0.515. The number of hydrogen-bond acceptors (Lipinski definition) is 6. The van der Waals surface area contributed by atoms with Gasteiger partial charge in [0.1, 0.15) is 30.2 Å². The third-order valence-electron chi connectivity index (χ3n) is 5.26. The predicted molar refractivity (Wildman–Crippen MR) is 114 cm³/mol. The Labute approximate surface area is 167 Å². The van der Waals surface area contributed by atoms with Gasteiger partial charge in [0.2, 0.25) is 0 Å². The maximum absolute atomic E-state index is 14.0. The lowest BCUT2D eigenvalue weighted by Crippen LogP contribution is -2.45. The van der Waals surface area contributed by atoms with Crippen LogP contribution in [0.3, 0.4) is 0 Å². The zero-order valence-electron chi connectivity index (χ0n) is 15.7. The number of fused-ring (bicyclic) bond motifs is 2. The van der Waals surface area contributed by atoms with Gasteiger partial charge >= 0.3 is 0 Å². The summed E-state index contributed by atoms with van der Waals surface area (Å²) >= 11 is 0. The first-order chi connectivity index (χ1) is 14.2. The number of amidine groups is 1. The quantitative estimate of drug-likeness (QED) is 0.721. The van der Waals surface area contributed by atoms with Gasteiger partial charge in [-0.15, -0.1) is 0 Å². The minimum absolute atomic E-state index is 0.0722. The van der Waals surface area contributed by atoms with Crippen LogP contribution in [0.1, 0.15) is 18.5 Å². The smallest absolute Gasteiger partial charge is 0.145 e. The van der Waals surface area contributed by atoms with Crippen molar-refractivity contribution in [2.24, 2.45) is 15.0 Å². The van der Waals surface area contributed by atoms with Crippen LogP contribution in [0.2, 0.25) is 0 Å². The third-order valence-corrected chi connectivity index (χ3v) is 5.26. The first-order valence-corrected chi connectivity index (χ1v) is 9.48. The fourth-order valence-corrected chi connectivity index (χ4v) is 3.88. The maximum atomic E-state index is 14.0. The average molecular weight is 386 g/mol. The second kappa shape index (κ2) is 7.18. The van der Waals surface area contributed by atoms with Gasteiger partial charge in [-0.05, 0) is 36.2 Å². The molecule has 6 nitrogen and oxygen atoms in total. The number of hydrogen-bond donors (Lipinski definition) is 2. The fraction of sp³-hybridized carbons (Fsp3) is 0.182. The maximum Gasteiger partial charge on any atom is 0.145 e. The zero-order valence-corrected chi connectivity index (χ0v) is 15.7. The molecule has 144 valence electrons. The third kappa shape index (κ3) is 3.19. The van der Waals surface area contributed by atoms with Gasteiger partial charge in [0, 0.05) is 23.2 Å². The van der Waals surface area contributed by atoms with Crippen LogP contribution in [0.25, 0.3) is 22.0 Å². The molecular formula is C22H19FN6. The van der Waals surface area contributed by atoms with E-state index in [1.807, 2.05) is 24.3 Å². The Balaban J connectivity index is 1.57. The highest BCUT2D eigenvalue weighted by Crippen LogP contribution is 2.35. The molecule has 29 heavy (non-hydrogen) atoms. The molecule has 5 rings (SSSR count). The van der Waals surface area contributed by atoms with Gasteiger partial charge in [-0.1, -0.05) is 30.3 Å². The Bertz CT molecular complexity index is 1170. The lowest BCUT2D eigenvalue weighted by Gasteiger charge is -2.27. The van der Waals surface area contributed by atoms with E-state index in [1.165, 1.54) is 6.07 Å². The Morgan fingerprint density at radius 2 is 2.03 bits per heavy atom. The number of pyridine rings is 1. The molecule has 2 aromatic carbocycles. The lowest BCUT2D eigenvalue weighted by atomic mass is 9.92. The lowest BCUT2D eigenvalue weighted by molar-refractivity contribution is 0.447. The molecule has 2 aliphatic rings. The molecule has 0 saturated carbocycles. The molecular weight excluding hydrogens is 367 g/mol. The van der Waals surface area contributed by atoms with Crippen molar-refractivity contribution >= 4 is 29.4 Å². The first kappa shape index (κ1) is 17.6. The normalized spacial score (nSPS) is 21.0. The Kier molecular flexibility index (Phi) is 4.37. The van der Waals surface area contributed by atoms with Gasteiger partial charge in [-0.2, -0.15) is 0 Å². The SMILES string of the molecule is CC(NC1N=CN=C2NC=NC21)c1ccc2cccnc2c1-c1cccc(F)c1. The summed E-state index contributed by atoms with van der Waals surface area (Å²) in [4.78, 5) is 17.7. The largest absolute Gasteiger partial charge is 0.333 e. The van der Waals surface area contributed by atoms with Crippen molar-refractivity contribution in [2.75, 3.05) is 0 Å². The van der Waals surface area contributed by atoms with Gasteiger partial charge in [0.25, 0.3) is 0 Å². The second-order valence-electron chi connectivity index (χ2n) is 7.09. The van der Waals surface area contributed by atoms with Crippen LogP contribution in [0, 0.1) is 5.82 Å². The first-order valence-electron chi connectivity index (χ1n) is 9.48. The molecule has 7 heteroatoms. The van der Waals surface area contributed by atoms with Crippen LogP contribution in [0.4, 0.5) is 4.39 Å². The Morgan fingerprint density at radius 1 is 1.10 bits per heavy atom. The van der Waals surface area contributed by atoms with Crippen molar-refractivity contribution in [1.82, 2.24) is 15.6 Å². The monoisotopic (exact) mass is 386 g/mol. The van der Waals surface area contributed by atoms with Crippen LogP contribution in [0.15, 0.2) is 69.7 Å². The summed E-state index contributed by atoms with van der Waals surface area (Å²) < 4.78 is 14.0. The van der Waals surface area contributed by atoms with Crippen LogP contribution < -0.4 is 10.6 Å². The van der Waals surface area contributed by atoms with Crippen LogP contribution in [0.5, 0.6) is 0 Å². The van der Waals surface area contributed by atoms with Crippen LogP contribution in [-0.2, 0) is 0 Å². The number of benzene rings is 2. The molecule has 2 N–H and O–H groups in total. The van der Waals surface area contributed by atoms with Crippen molar-refractivity contribution in [2.45, 2.75) is 25.2 Å². The topological polar surface area (TPSA) is 74.0 Å². The van der Waals surface area contributed by atoms with E-state index in [0.717, 1.165) is 33.4 Å². The second-order valence-corrected chi connectivity index (χ2v) is 7.09. The molecule has 0 aliphatic carbocycles. The molecule has 1 aromatic heterocycles. The zero-order chi connectivity index (χ0) is 19.8. The number of aromatic nitrogens is 1. The van der Waals surface area contributed by atoms with Crippen molar-refractivity contribution in [1.29, 1.82) is 0 Å². The van der Waals surface area contributed by atoms with E-state index in [4.69, 9.17) is 0 Å². The van der Waals surface area contributed by atoms with E-state index in [0.29, 0.717) is 0 Å². The highest BCUT2D eigenvalue weighted by Gasteiger charge is 2.31. The molecule has 3 unspecified atom stereocenters. The van der Waals surface area contributed by atoms with Crippen LogP contribution in [-0.4, -0.2) is 35.7 Å². The van der Waals surface area contributed by atoms with E-state index in [9.17, 15) is 4.39 Å². The fourth-order valence-electron chi connectivity index (χ4n) is 3.88. The Hall–Kier alpha value is -3.45. The molecule has 3 atom stereocenters. The molecule has 0 fully saturated rings. The van der Waals surface area contributed by atoms with Crippen molar-refractivity contribution < 1.29 is 4.39 Å². The minimum atomic E-state index is -0.272. The van der Waals surface area contributed by atoms with Crippen molar-refractivity contribution in [3.05, 3.63) is 66.1 Å². The molecule has 0 bridgehead atoms. The number of aliphatic imine (C=N–C) groups is 3. The predicted octanol–water partition coefficient (Wildman–Crippen LogP) is 3.46. The number of halogens is 1. The van der Waals surface area contributed by atoms with E-state index in [-0.39, 0.29) is 24.1 Å². The summed E-state index contributed by atoms with van der Waals surface area (Å²) in [7, 11) is 0. The number of nitrogens with one attached hydrogen (secondary N) is 2. The Morgan fingerprint density at radius 3 is 2.93 bits per heavy atom. The van der Waals surface area contributed by atoms with E-state index in [1.54, 1.807) is 31.0 Å². The highest BCUT2D eigenvalue weighted by atomic mass is 19.1. The van der Waals surface area contributed by atoms with Gasteiger partial charge in [-0.25, -0.2) is 9.38 Å². The average Bonchev–Trinajstić information content (AvgIpc) is 3.23. The van der Waals surface area contributed by atoms with Gasteiger partial charge < -0.3 is 5.32 Å². The van der Waals surface area contributed by atoms with Crippen molar-refractivity contribution in [3.8, 4) is 11.1 Å². The molecule has 0 spiro atoms. The molecule has 0 amide bonds. The van der Waals surface area contributed by atoms with Crippen LogP contribution >= 0.6 is 0 Å². The number of nitrogens with zero attached hydrogens (tertiary/aromatic N) is 4. The molecule has 0 saturated heterocycles. The van der Waals surface area contributed by atoms with Gasteiger partial charge in [0.05, 0.1) is 11.9 Å². The van der Waals surface area contributed by atoms with Gasteiger partial charge in [0.15, 0.2) is 0 Å². The summed E-state index contributed by atoms with van der Waals surface area (Å²) in [6, 6.07) is 14.4. The van der Waals surface area contributed by atoms with Gasteiger partial charge in [-0.3, -0.25) is 20.3 Å². The minimum Gasteiger partial charge on any atom is -0.333 e. The summed E-state index contributed by atoms with van der Waals surface area (Å²) in [6.45, 7) is 2.07. The molecule has 2 aliphatic heterocycles. The number of rotatable bonds is 4. The highest BCUT2D eigenvalue weighted by molar-refractivity contribution is 6.05. The molecule has 3 heterocycles. The van der Waals surface area contributed by atoms with Crippen molar-refractivity contribution in [3.63, 3.8) is 0 Å². The van der Waals surface area contributed by atoms with E-state index < -0.39 is 0 Å². The van der Waals surface area contributed by atoms with E-state index >= 15 is 0 Å². The molecule has 3 aromatic rings. The standard InChI is InChI=1S/C22H19FN6/c1-13(29-22-20-21(26-11-25-20)27-12-28-22)17-8-7-14-5-3-9-24-19(14)18(17)15-4-2-6-16(23)10-15/h2-13,20,22,29H,1H3,(H,25,26,27,28). The summed E-state index contributed by atoms with van der Waals surface area (Å²) in [5, 5.41) is 7.60. The summed E-state index contributed by atoms with van der Waals surface area (Å²) in [5.41, 5.74) is 3.59. The molecule has 0 radical (unpaired) electrons. The summed E-state index contributed by atoms with van der Waals surface area (Å²) in [6.07, 6.45) is 4.73.